The van der Waals surface area contributed by atoms with Gasteiger partial charge in [0.2, 0.25) is 0 Å². The van der Waals surface area contributed by atoms with Gasteiger partial charge in [0.05, 0.1) is 0 Å². The van der Waals surface area contributed by atoms with E-state index in [0.29, 0.717) is 0 Å². The Morgan fingerprint density at radius 3 is 2.40 bits per heavy atom. The van der Waals surface area contributed by atoms with Gasteiger partial charge in [-0.05, 0) is 37.8 Å². The quantitative estimate of drug-likeness (QED) is 0.600. The number of hydrogen-bond donors (Lipinski definition) is 0. The lowest BCUT2D eigenvalue weighted by Gasteiger charge is -2.19. The molecule has 1 aliphatic heterocycles. The molecule has 0 saturated carbocycles. The third-order valence-electron chi connectivity index (χ3n) is 3.05. The van der Waals surface area contributed by atoms with Crippen molar-refractivity contribution in [1.82, 2.24) is 0 Å². The molecule has 0 atom stereocenters. The number of likely N-dealkylation sites (N-methyl/N-ethyl adjacent to an activating group) is 1. The number of aryl methyl sites for hydroxylation is 1. The van der Waals surface area contributed by atoms with Crippen molar-refractivity contribution in [1.29, 1.82) is 0 Å². The van der Waals surface area contributed by atoms with Crippen LogP contribution in [0.4, 0.5) is 5.69 Å². The van der Waals surface area contributed by atoms with Gasteiger partial charge in [0.1, 0.15) is 0 Å². The zero-order chi connectivity index (χ0) is 15.4. The van der Waals surface area contributed by atoms with Crippen molar-refractivity contribution in [2.24, 2.45) is 0 Å². The molecule has 0 N–H and O–H groups in total. The van der Waals surface area contributed by atoms with E-state index < -0.39 is 0 Å². The highest BCUT2D eigenvalue weighted by Gasteiger charge is 2.13. The summed E-state index contributed by atoms with van der Waals surface area (Å²) in [6, 6.07) is 8.75. The van der Waals surface area contributed by atoms with Crippen LogP contribution < -0.4 is 4.90 Å². The first-order valence-corrected chi connectivity index (χ1v) is 7.76. The minimum Gasteiger partial charge on any atom is -0.370 e. The fraction of sp³-hybridized carbons (Fsp3) is 0.474. The van der Waals surface area contributed by atoms with Crippen LogP contribution in [0.3, 0.4) is 0 Å². The topological polar surface area (TPSA) is 3.24 Å². The van der Waals surface area contributed by atoms with Crippen molar-refractivity contribution in [2.75, 3.05) is 18.5 Å². The highest BCUT2D eigenvalue weighted by atomic mass is 15.1. The summed E-state index contributed by atoms with van der Waals surface area (Å²) in [5.41, 5.74) is 4.47. The van der Waals surface area contributed by atoms with Crippen molar-refractivity contribution < 1.29 is 0 Å². The zero-order valence-electron chi connectivity index (χ0n) is 13.9. The predicted molar refractivity (Wildman–Crippen MR) is 93.6 cm³/mol. The number of rotatable bonds is 1. The molecule has 20 heavy (non-hydrogen) atoms. The van der Waals surface area contributed by atoms with Crippen LogP contribution in [0, 0.1) is 0 Å². The van der Waals surface area contributed by atoms with Crippen molar-refractivity contribution in [3.05, 3.63) is 54.1 Å². The van der Waals surface area contributed by atoms with E-state index in [4.69, 9.17) is 0 Å². The normalized spacial score (nSPS) is 15.1. The lowest BCUT2D eigenvalue weighted by Crippen LogP contribution is -2.19. The first-order chi connectivity index (χ1) is 9.72. The number of para-hydroxylation sites is 1. The molecule has 2 rings (SSSR count). The number of anilines is 1. The molecule has 0 bridgehead atoms. The summed E-state index contributed by atoms with van der Waals surface area (Å²) < 4.78 is 0. The molecule has 1 heterocycles. The van der Waals surface area contributed by atoms with Gasteiger partial charge in [-0.3, -0.25) is 0 Å². The second-order valence-corrected chi connectivity index (χ2v) is 4.66. The summed E-state index contributed by atoms with van der Waals surface area (Å²) in [6.07, 6.45) is 7.68. The molecule has 1 nitrogen and oxygen atoms in total. The van der Waals surface area contributed by atoms with Crippen molar-refractivity contribution >= 4 is 5.69 Å². The van der Waals surface area contributed by atoms with Gasteiger partial charge in [-0.25, -0.2) is 0 Å². The molecule has 0 amide bonds. The molecule has 0 unspecified atom stereocenters. The Bertz CT molecular complexity index is 404. The van der Waals surface area contributed by atoms with E-state index in [1.807, 2.05) is 20.8 Å². The number of hydrogen-bond acceptors (Lipinski definition) is 1. The molecule has 1 aromatic rings. The molecule has 0 spiro atoms. The summed E-state index contributed by atoms with van der Waals surface area (Å²) in [5.74, 6) is 0. The Hall–Kier alpha value is -1.50. The molecule has 0 saturated heterocycles. The second kappa shape index (κ2) is 11.3. The maximum atomic E-state index is 3.36. The van der Waals surface area contributed by atoms with E-state index in [2.05, 4.69) is 55.8 Å². The summed E-state index contributed by atoms with van der Waals surface area (Å²) in [6.45, 7) is 12.6. The van der Waals surface area contributed by atoms with Gasteiger partial charge in [-0.15, -0.1) is 6.58 Å². The summed E-state index contributed by atoms with van der Waals surface area (Å²) >= 11 is 0. The smallest absolute Gasteiger partial charge is 0.0399 e. The average molecular weight is 273 g/mol. The van der Waals surface area contributed by atoms with Gasteiger partial charge in [0.15, 0.2) is 0 Å². The molecular weight excluding hydrogens is 242 g/mol. The van der Waals surface area contributed by atoms with Crippen LogP contribution in [0.15, 0.2) is 48.6 Å². The van der Waals surface area contributed by atoms with E-state index in [1.165, 1.54) is 24.1 Å². The molecule has 1 aromatic carbocycles. The first kappa shape index (κ1) is 18.5. The van der Waals surface area contributed by atoms with Crippen LogP contribution in [-0.2, 0) is 6.42 Å². The zero-order valence-corrected chi connectivity index (χ0v) is 13.9. The van der Waals surface area contributed by atoms with Crippen LogP contribution in [0.2, 0.25) is 0 Å². The third-order valence-corrected chi connectivity index (χ3v) is 3.05. The summed E-state index contributed by atoms with van der Waals surface area (Å²) in [4.78, 5) is 2.36. The van der Waals surface area contributed by atoms with Crippen molar-refractivity contribution in [2.45, 2.75) is 47.0 Å². The van der Waals surface area contributed by atoms with Crippen molar-refractivity contribution in [3.63, 3.8) is 0 Å². The highest BCUT2D eigenvalue weighted by molar-refractivity contribution is 5.55. The standard InChI is InChI=1S/C14H19N.C3H6.C2H6/c1-3-6-12-9-10-13-7-4-5-8-14(13)15(2)11-12;1-3-2;1-2/h4-8H,3,9-11H2,1-2H3;3H,1H2,2H3;1-2H3/b12-6-;;. The van der Waals surface area contributed by atoms with E-state index in [9.17, 15) is 0 Å². The minimum atomic E-state index is 1.09. The fourth-order valence-electron chi connectivity index (χ4n) is 2.31. The van der Waals surface area contributed by atoms with Crippen molar-refractivity contribution in [3.8, 4) is 0 Å². The lowest BCUT2D eigenvalue weighted by atomic mass is 10.1. The maximum Gasteiger partial charge on any atom is 0.0399 e. The van der Waals surface area contributed by atoms with Gasteiger partial charge < -0.3 is 4.90 Å². The van der Waals surface area contributed by atoms with E-state index >= 15 is 0 Å². The first-order valence-electron chi connectivity index (χ1n) is 7.76. The molecule has 0 radical (unpaired) electrons. The summed E-state index contributed by atoms with van der Waals surface area (Å²) in [5, 5.41) is 0. The summed E-state index contributed by atoms with van der Waals surface area (Å²) in [7, 11) is 2.19. The van der Waals surface area contributed by atoms with Gasteiger partial charge >= 0.3 is 0 Å². The molecule has 1 aliphatic rings. The van der Waals surface area contributed by atoms with Gasteiger partial charge in [0, 0.05) is 19.3 Å². The second-order valence-electron chi connectivity index (χ2n) is 4.66. The number of allylic oxidation sites excluding steroid dienone is 2. The number of fused-ring (bicyclic) bond motifs is 1. The van der Waals surface area contributed by atoms with Crippen LogP contribution in [0.25, 0.3) is 0 Å². The minimum absolute atomic E-state index is 1.09. The van der Waals surface area contributed by atoms with E-state index in [0.717, 1.165) is 13.0 Å². The van der Waals surface area contributed by atoms with E-state index in [1.54, 1.807) is 11.6 Å². The fourth-order valence-corrected chi connectivity index (χ4v) is 2.31. The van der Waals surface area contributed by atoms with Crippen LogP contribution in [-0.4, -0.2) is 13.6 Å². The predicted octanol–water partition coefficient (Wildman–Crippen LogP) is 5.62. The average Bonchev–Trinajstić information content (AvgIpc) is 2.63. The largest absolute Gasteiger partial charge is 0.370 e. The number of benzene rings is 1. The highest BCUT2D eigenvalue weighted by Crippen LogP contribution is 2.26. The number of nitrogens with zero attached hydrogens (tertiary/aromatic N) is 1. The molecule has 0 fully saturated rings. The Morgan fingerprint density at radius 1 is 1.20 bits per heavy atom. The Labute approximate surface area is 126 Å². The lowest BCUT2D eigenvalue weighted by molar-refractivity contribution is 0.903. The van der Waals surface area contributed by atoms with Crippen LogP contribution in [0.5, 0.6) is 0 Å². The molecular formula is C19H31N. The Morgan fingerprint density at radius 2 is 1.80 bits per heavy atom. The van der Waals surface area contributed by atoms with Crippen LogP contribution >= 0.6 is 0 Å². The van der Waals surface area contributed by atoms with Gasteiger partial charge in [0.25, 0.3) is 0 Å². The molecule has 0 aliphatic carbocycles. The van der Waals surface area contributed by atoms with E-state index in [-0.39, 0.29) is 0 Å². The Kier molecular flexibility index (Phi) is 10.5. The molecule has 112 valence electrons. The SMILES string of the molecule is C=CC.CC.CC/C=C1/CCc2ccccc2N(C)C1. The Balaban J connectivity index is 0.000000641. The molecule has 1 heteroatoms. The monoisotopic (exact) mass is 273 g/mol. The van der Waals surface area contributed by atoms with Gasteiger partial charge in [-0.1, -0.05) is 56.7 Å². The van der Waals surface area contributed by atoms with Crippen LogP contribution in [0.1, 0.15) is 46.1 Å². The van der Waals surface area contributed by atoms with Gasteiger partial charge in [-0.2, -0.15) is 0 Å². The molecule has 0 aromatic heterocycles. The third kappa shape index (κ3) is 6.10. The maximum absolute atomic E-state index is 3.36.